The van der Waals surface area contributed by atoms with Gasteiger partial charge in [-0.05, 0) is 24.2 Å². The van der Waals surface area contributed by atoms with Crippen molar-refractivity contribution in [3.63, 3.8) is 0 Å². The first-order chi connectivity index (χ1) is 11.8. The maximum atomic E-state index is 12.3. The van der Waals surface area contributed by atoms with Crippen LogP contribution in [0.15, 0.2) is 6.20 Å². The Morgan fingerprint density at radius 2 is 2.12 bits per heavy atom. The van der Waals surface area contributed by atoms with Crippen molar-refractivity contribution in [2.24, 2.45) is 11.3 Å². The summed E-state index contributed by atoms with van der Waals surface area (Å²) in [5, 5.41) is 3.21. The van der Waals surface area contributed by atoms with Crippen molar-refractivity contribution in [3.8, 4) is 0 Å². The van der Waals surface area contributed by atoms with E-state index >= 15 is 0 Å². The van der Waals surface area contributed by atoms with Crippen LogP contribution in [0.2, 0.25) is 0 Å². The van der Waals surface area contributed by atoms with Crippen LogP contribution in [-0.2, 0) is 16.0 Å². The molecule has 6 heteroatoms. The number of ether oxygens (including phenoxy) is 1. The number of hydrogen-bond acceptors (Lipinski definition) is 5. The largest absolute Gasteiger partial charge is 0.378 e. The van der Waals surface area contributed by atoms with Crippen LogP contribution in [-0.4, -0.2) is 42.2 Å². The van der Waals surface area contributed by atoms with E-state index in [4.69, 9.17) is 9.72 Å². The van der Waals surface area contributed by atoms with E-state index in [9.17, 15) is 4.79 Å². The summed E-state index contributed by atoms with van der Waals surface area (Å²) >= 11 is 0. The van der Waals surface area contributed by atoms with Crippen LogP contribution >= 0.6 is 0 Å². The zero-order valence-corrected chi connectivity index (χ0v) is 15.8. The third kappa shape index (κ3) is 4.48. The van der Waals surface area contributed by atoms with Gasteiger partial charge in [-0.1, -0.05) is 27.7 Å². The highest BCUT2D eigenvalue weighted by Crippen LogP contribution is 2.40. The van der Waals surface area contributed by atoms with Gasteiger partial charge in [-0.3, -0.25) is 4.79 Å². The summed E-state index contributed by atoms with van der Waals surface area (Å²) in [6.07, 6.45) is 4.31. The quantitative estimate of drug-likeness (QED) is 0.907. The molecule has 1 atom stereocenters. The topological polar surface area (TPSA) is 67.4 Å². The van der Waals surface area contributed by atoms with E-state index in [1.807, 2.05) is 6.20 Å². The van der Waals surface area contributed by atoms with Gasteiger partial charge in [-0.25, -0.2) is 9.97 Å². The highest BCUT2D eigenvalue weighted by Gasteiger charge is 2.35. The molecule has 1 fully saturated rings. The minimum absolute atomic E-state index is 0.00346. The number of amides is 1. The lowest BCUT2D eigenvalue weighted by atomic mass is 9.74. The first kappa shape index (κ1) is 18.1. The van der Waals surface area contributed by atoms with Crippen molar-refractivity contribution >= 4 is 11.9 Å². The third-order valence-corrected chi connectivity index (χ3v) is 4.89. The van der Waals surface area contributed by atoms with Crippen LogP contribution in [0.5, 0.6) is 0 Å². The summed E-state index contributed by atoms with van der Waals surface area (Å²) in [6.45, 7) is 11.7. The average molecular weight is 346 g/mol. The number of carbonyl (C=O) groups excluding carboxylic acids is 1. The Kier molecular flexibility index (Phi) is 5.27. The summed E-state index contributed by atoms with van der Waals surface area (Å²) in [5.74, 6) is 1.25. The molecule has 0 aromatic carbocycles. The van der Waals surface area contributed by atoms with E-state index < -0.39 is 0 Å². The molecule has 1 saturated heterocycles. The fraction of sp³-hybridized carbons (Fsp3) is 0.737. The van der Waals surface area contributed by atoms with Gasteiger partial charge in [0.15, 0.2) is 0 Å². The van der Waals surface area contributed by atoms with Gasteiger partial charge < -0.3 is 15.0 Å². The molecule has 25 heavy (non-hydrogen) atoms. The molecule has 1 aromatic heterocycles. The molecule has 1 aliphatic heterocycles. The predicted molar refractivity (Wildman–Crippen MR) is 97.5 cm³/mol. The second kappa shape index (κ2) is 7.28. The third-order valence-electron chi connectivity index (χ3n) is 4.89. The van der Waals surface area contributed by atoms with Crippen LogP contribution in [0.3, 0.4) is 0 Å². The van der Waals surface area contributed by atoms with Crippen LogP contribution in [0.25, 0.3) is 0 Å². The average Bonchev–Trinajstić information content (AvgIpc) is 2.53. The Morgan fingerprint density at radius 3 is 2.80 bits per heavy atom. The van der Waals surface area contributed by atoms with E-state index in [-0.39, 0.29) is 17.4 Å². The van der Waals surface area contributed by atoms with E-state index in [1.54, 1.807) is 0 Å². The number of fused-ring (bicyclic) bond motifs is 1. The number of nitrogens with one attached hydrogen (secondary N) is 1. The minimum Gasteiger partial charge on any atom is -0.378 e. The highest BCUT2D eigenvalue weighted by atomic mass is 16.5. The van der Waals surface area contributed by atoms with Gasteiger partial charge >= 0.3 is 0 Å². The Bertz CT molecular complexity index is 624. The fourth-order valence-electron chi connectivity index (χ4n) is 3.71. The molecule has 3 rings (SSSR count). The Hall–Kier alpha value is -1.69. The fourth-order valence-corrected chi connectivity index (χ4v) is 3.71. The number of nitrogens with zero attached hydrogens (tertiary/aromatic N) is 3. The molecule has 138 valence electrons. The first-order valence-electron chi connectivity index (χ1n) is 9.32. The van der Waals surface area contributed by atoms with Gasteiger partial charge in [-0.2, -0.15) is 0 Å². The van der Waals surface area contributed by atoms with Gasteiger partial charge in [-0.15, -0.1) is 0 Å². The van der Waals surface area contributed by atoms with Crippen LogP contribution in [0.4, 0.5) is 5.95 Å². The van der Waals surface area contributed by atoms with Crippen molar-refractivity contribution < 1.29 is 9.53 Å². The molecule has 0 spiro atoms. The van der Waals surface area contributed by atoms with Crippen molar-refractivity contribution in [1.82, 2.24) is 15.3 Å². The number of carbonyl (C=O) groups is 1. The summed E-state index contributed by atoms with van der Waals surface area (Å²) in [7, 11) is 0. The van der Waals surface area contributed by atoms with Gasteiger partial charge in [0, 0.05) is 31.3 Å². The van der Waals surface area contributed by atoms with E-state index in [0.717, 1.165) is 56.4 Å². The van der Waals surface area contributed by atoms with E-state index in [1.165, 1.54) is 0 Å². The Balaban J connectivity index is 1.82. The van der Waals surface area contributed by atoms with Crippen molar-refractivity contribution in [2.45, 2.75) is 53.0 Å². The normalized spacial score (nSPS) is 22.6. The molecule has 1 amide bonds. The number of hydrogen-bond donors (Lipinski definition) is 1. The number of morpholine rings is 1. The molecule has 0 saturated carbocycles. The molecule has 0 radical (unpaired) electrons. The lowest BCUT2D eigenvalue weighted by molar-refractivity contribution is -0.122. The van der Waals surface area contributed by atoms with E-state index in [2.05, 4.69) is 42.9 Å². The molecule has 0 bridgehead atoms. The predicted octanol–water partition coefficient (Wildman–Crippen LogP) is 2.49. The molecule has 6 nitrogen and oxygen atoms in total. The van der Waals surface area contributed by atoms with Crippen molar-refractivity contribution in [2.75, 3.05) is 31.2 Å². The highest BCUT2D eigenvalue weighted by molar-refractivity contribution is 5.76. The van der Waals surface area contributed by atoms with Gasteiger partial charge in [0.1, 0.15) is 0 Å². The van der Waals surface area contributed by atoms with Crippen LogP contribution < -0.4 is 10.2 Å². The molecule has 2 aliphatic rings. The maximum absolute atomic E-state index is 12.3. The number of aromatic nitrogens is 2. The second-order valence-electron chi connectivity index (χ2n) is 8.43. The van der Waals surface area contributed by atoms with Crippen molar-refractivity contribution in [1.29, 1.82) is 0 Å². The second-order valence-corrected chi connectivity index (χ2v) is 8.43. The summed E-state index contributed by atoms with van der Waals surface area (Å²) < 4.78 is 5.41. The lowest BCUT2D eigenvalue weighted by Gasteiger charge is -2.37. The summed E-state index contributed by atoms with van der Waals surface area (Å²) in [4.78, 5) is 23.9. The van der Waals surface area contributed by atoms with Gasteiger partial charge in [0.05, 0.1) is 24.9 Å². The lowest BCUT2D eigenvalue weighted by Crippen LogP contribution is -2.40. The standard InChI is InChI=1S/C19H30N4O2/c1-13(2)9-17(24)21-15-10-19(3,4)11-16-14(15)12-20-18(22-16)23-5-7-25-8-6-23/h12-13,15H,5-11H2,1-4H3,(H,21,24)/t15-/m0/s1. The maximum Gasteiger partial charge on any atom is 0.225 e. The molecule has 1 aromatic rings. The summed E-state index contributed by atoms with van der Waals surface area (Å²) in [6, 6.07) is 0.00346. The monoisotopic (exact) mass is 346 g/mol. The molecule has 1 aliphatic carbocycles. The summed E-state index contributed by atoms with van der Waals surface area (Å²) in [5.41, 5.74) is 2.26. The minimum atomic E-state index is 0.00346. The van der Waals surface area contributed by atoms with E-state index in [0.29, 0.717) is 12.3 Å². The number of anilines is 1. The smallest absolute Gasteiger partial charge is 0.225 e. The number of rotatable bonds is 4. The van der Waals surface area contributed by atoms with Crippen LogP contribution in [0.1, 0.15) is 57.8 Å². The van der Waals surface area contributed by atoms with Gasteiger partial charge in [0.25, 0.3) is 0 Å². The Labute approximate surface area is 150 Å². The Morgan fingerprint density at radius 1 is 1.40 bits per heavy atom. The molecule has 0 unspecified atom stereocenters. The van der Waals surface area contributed by atoms with Gasteiger partial charge in [0.2, 0.25) is 11.9 Å². The van der Waals surface area contributed by atoms with Crippen LogP contribution in [0, 0.1) is 11.3 Å². The molecular weight excluding hydrogens is 316 g/mol. The zero-order chi connectivity index (χ0) is 18.0. The first-order valence-corrected chi connectivity index (χ1v) is 9.32. The molecule has 2 heterocycles. The molecule has 1 N–H and O–H groups in total. The SMILES string of the molecule is CC(C)CC(=O)N[C@H]1CC(C)(C)Cc2nc(N3CCOCC3)ncc21. The zero-order valence-electron chi connectivity index (χ0n) is 15.8. The van der Waals surface area contributed by atoms with Crippen molar-refractivity contribution in [3.05, 3.63) is 17.5 Å². The molecular formula is C19H30N4O2.